The first-order chi connectivity index (χ1) is 11.8. The highest BCUT2D eigenvalue weighted by molar-refractivity contribution is 6.31. The van der Waals surface area contributed by atoms with Crippen LogP contribution in [0.3, 0.4) is 0 Å². The summed E-state index contributed by atoms with van der Waals surface area (Å²) in [6.45, 7) is 3.49. The number of carbonyl (C=O) groups is 2. The number of halogens is 3. The molecule has 11 heteroatoms. The lowest BCUT2D eigenvalue weighted by Gasteiger charge is -2.06. The first-order valence-corrected chi connectivity index (χ1v) is 7.76. The van der Waals surface area contributed by atoms with Crippen LogP contribution >= 0.6 is 11.6 Å². The number of hydrogen-bond donors (Lipinski definition) is 2. The van der Waals surface area contributed by atoms with Crippen LogP contribution in [0.15, 0.2) is 6.20 Å². The number of alkyl halides is 2. The first-order valence-electron chi connectivity index (χ1n) is 7.38. The third-order valence-corrected chi connectivity index (χ3v) is 3.93. The maximum absolute atomic E-state index is 12.8. The Morgan fingerprint density at radius 1 is 1.36 bits per heavy atom. The average Bonchev–Trinajstić information content (AvgIpc) is 3.10. The fraction of sp³-hybridized carbons (Fsp3) is 0.429. The molecule has 2 aromatic heterocycles. The van der Waals surface area contributed by atoms with E-state index in [-0.39, 0.29) is 28.6 Å². The topological polar surface area (TPSA) is 93.8 Å². The van der Waals surface area contributed by atoms with Gasteiger partial charge in [-0.15, -0.1) is 0 Å². The molecule has 0 aliphatic carbocycles. The molecule has 25 heavy (non-hydrogen) atoms. The molecule has 0 aliphatic heterocycles. The van der Waals surface area contributed by atoms with Gasteiger partial charge >= 0.3 is 0 Å². The van der Waals surface area contributed by atoms with Gasteiger partial charge in [0.15, 0.2) is 5.69 Å². The molecular formula is C14H17ClF2N6O2. The summed E-state index contributed by atoms with van der Waals surface area (Å²) >= 11 is 5.80. The van der Waals surface area contributed by atoms with E-state index in [0.29, 0.717) is 6.54 Å². The smallest absolute Gasteiger partial charge is 0.283 e. The average molecular weight is 375 g/mol. The molecule has 0 unspecified atom stereocenters. The van der Waals surface area contributed by atoms with Crippen LogP contribution in [0.5, 0.6) is 0 Å². The maximum atomic E-state index is 12.8. The van der Waals surface area contributed by atoms with E-state index in [9.17, 15) is 18.4 Å². The standard InChI is InChI=1S/C14H17ClF2N6O2/c1-4-22-5-8(11(20-22)14(25)18-3)19-9(24)6-23-7(2)10(15)12(21-23)13(16)17/h5,13H,4,6H2,1-3H3,(H,18,25)(H,19,24). The second-order valence-corrected chi connectivity index (χ2v) is 5.50. The van der Waals surface area contributed by atoms with Gasteiger partial charge in [-0.1, -0.05) is 11.6 Å². The Labute approximate surface area is 147 Å². The van der Waals surface area contributed by atoms with Gasteiger partial charge in [-0.05, 0) is 13.8 Å². The van der Waals surface area contributed by atoms with Gasteiger partial charge in [0.25, 0.3) is 12.3 Å². The Bertz CT molecular complexity index is 802. The molecule has 2 amide bonds. The van der Waals surface area contributed by atoms with Gasteiger partial charge in [0.2, 0.25) is 5.91 Å². The lowest BCUT2D eigenvalue weighted by molar-refractivity contribution is -0.117. The second-order valence-electron chi connectivity index (χ2n) is 5.12. The van der Waals surface area contributed by atoms with Crippen LogP contribution in [-0.4, -0.2) is 38.4 Å². The van der Waals surface area contributed by atoms with E-state index in [4.69, 9.17) is 11.6 Å². The third kappa shape index (κ3) is 3.95. The molecule has 136 valence electrons. The molecule has 2 heterocycles. The number of aryl methyl sites for hydroxylation is 1. The monoisotopic (exact) mass is 374 g/mol. The van der Waals surface area contributed by atoms with E-state index < -0.39 is 23.9 Å². The van der Waals surface area contributed by atoms with Crippen LogP contribution in [0.4, 0.5) is 14.5 Å². The summed E-state index contributed by atoms with van der Waals surface area (Å²) < 4.78 is 28.2. The number of rotatable bonds is 6. The molecule has 0 aromatic carbocycles. The summed E-state index contributed by atoms with van der Waals surface area (Å²) in [7, 11) is 1.44. The molecule has 8 nitrogen and oxygen atoms in total. The van der Waals surface area contributed by atoms with E-state index in [1.165, 1.54) is 24.9 Å². The van der Waals surface area contributed by atoms with Crippen molar-refractivity contribution in [2.24, 2.45) is 0 Å². The summed E-state index contributed by atoms with van der Waals surface area (Å²) in [5.74, 6) is -1.01. The van der Waals surface area contributed by atoms with Crippen LogP contribution < -0.4 is 10.6 Å². The number of anilines is 1. The Kier molecular flexibility index (Phi) is 5.73. The molecule has 2 aromatic rings. The zero-order valence-corrected chi connectivity index (χ0v) is 14.6. The van der Waals surface area contributed by atoms with Crippen molar-refractivity contribution in [1.29, 1.82) is 0 Å². The first kappa shape index (κ1) is 18.8. The Morgan fingerprint density at radius 2 is 2.04 bits per heavy atom. The molecule has 0 saturated heterocycles. The summed E-state index contributed by atoms with van der Waals surface area (Å²) in [5.41, 5.74) is -0.0444. The normalized spacial score (nSPS) is 11.0. The van der Waals surface area contributed by atoms with E-state index in [2.05, 4.69) is 20.8 Å². The lowest BCUT2D eigenvalue weighted by atomic mass is 10.3. The lowest BCUT2D eigenvalue weighted by Crippen LogP contribution is -2.24. The van der Waals surface area contributed by atoms with E-state index in [0.717, 1.165) is 4.68 Å². The maximum Gasteiger partial charge on any atom is 0.283 e. The van der Waals surface area contributed by atoms with Gasteiger partial charge in [-0.2, -0.15) is 10.2 Å². The minimum Gasteiger partial charge on any atom is -0.354 e. The minimum absolute atomic E-state index is 0.0567. The molecule has 0 fully saturated rings. The predicted octanol–water partition coefficient (Wildman–Crippen LogP) is 2.00. The number of carbonyl (C=O) groups excluding carboxylic acids is 2. The Morgan fingerprint density at radius 3 is 2.56 bits per heavy atom. The number of nitrogens with one attached hydrogen (secondary N) is 2. The zero-order valence-electron chi connectivity index (χ0n) is 13.8. The highest BCUT2D eigenvalue weighted by atomic mass is 35.5. The molecule has 0 radical (unpaired) electrons. The number of aromatic nitrogens is 4. The molecular weight excluding hydrogens is 358 g/mol. The van der Waals surface area contributed by atoms with Crippen LogP contribution in [-0.2, 0) is 17.9 Å². The summed E-state index contributed by atoms with van der Waals surface area (Å²) in [6, 6.07) is 0. The van der Waals surface area contributed by atoms with Gasteiger partial charge in [0.1, 0.15) is 12.2 Å². The van der Waals surface area contributed by atoms with Crippen molar-refractivity contribution in [3.05, 3.63) is 28.3 Å². The van der Waals surface area contributed by atoms with Crippen molar-refractivity contribution in [1.82, 2.24) is 24.9 Å². The zero-order chi connectivity index (χ0) is 18.7. The summed E-state index contributed by atoms with van der Waals surface area (Å²) in [4.78, 5) is 24.0. The van der Waals surface area contributed by atoms with Crippen molar-refractivity contribution in [3.63, 3.8) is 0 Å². The second kappa shape index (κ2) is 7.60. The van der Waals surface area contributed by atoms with Gasteiger partial charge in [0, 0.05) is 19.8 Å². The van der Waals surface area contributed by atoms with Crippen LogP contribution in [0, 0.1) is 6.92 Å². The molecule has 2 N–H and O–H groups in total. The predicted molar refractivity (Wildman–Crippen MR) is 86.9 cm³/mol. The van der Waals surface area contributed by atoms with E-state index in [1.807, 2.05) is 6.92 Å². The van der Waals surface area contributed by atoms with E-state index in [1.54, 1.807) is 0 Å². The molecule has 0 atom stereocenters. The SMILES string of the molecule is CCn1cc(NC(=O)Cn2nc(C(F)F)c(Cl)c2C)c(C(=O)NC)n1. The summed E-state index contributed by atoms with van der Waals surface area (Å²) in [6.07, 6.45) is -1.33. The van der Waals surface area contributed by atoms with Crippen LogP contribution in [0.25, 0.3) is 0 Å². The number of amides is 2. The molecule has 0 aliphatic rings. The minimum atomic E-state index is -2.84. The fourth-order valence-corrected chi connectivity index (χ4v) is 2.35. The number of hydrogen-bond acceptors (Lipinski definition) is 4. The van der Waals surface area contributed by atoms with Crippen LogP contribution in [0.1, 0.15) is 35.2 Å². The van der Waals surface area contributed by atoms with Gasteiger partial charge in [-0.25, -0.2) is 8.78 Å². The number of nitrogens with zero attached hydrogens (tertiary/aromatic N) is 4. The van der Waals surface area contributed by atoms with Gasteiger partial charge in [-0.3, -0.25) is 19.0 Å². The Hall–Kier alpha value is -2.49. The van der Waals surface area contributed by atoms with E-state index >= 15 is 0 Å². The van der Waals surface area contributed by atoms with Crippen molar-refractivity contribution in [2.75, 3.05) is 12.4 Å². The van der Waals surface area contributed by atoms with Gasteiger partial charge < -0.3 is 10.6 Å². The molecule has 0 saturated carbocycles. The summed E-state index contributed by atoms with van der Waals surface area (Å²) in [5, 5.41) is 12.5. The van der Waals surface area contributed by atoms with Crippen LogP contribution in [0.2, 0.25) is 5.02 Å². The highest BCUT2D eigenvalue weighted by Gasteiger charge is 2.22. The highest BCUT2D eigenvalue weighted by Crippen LogP contribution is 2.28. The third-order valence-electron chi connectivity index (χ3n) is 3.46. The molecule has 0 bridgehead atoms. The molecule has 2 rings (SSSR count). The van der Waals surface area contributed by atoms with Crippen molar-refractivity contribution >= 4 is 29.1 Å². The van der Waals surface area contributed by atoms with Gasteiger partial charge in [0.05, 0.1) is 16.4 Å². The molecule has 0 spiro atoms. The van der Waals surface area contributed by atoms with Crippen molar-refractivity contribution < 1.29 is 18.4 Å². The largest absolute Gasteiger partial charge is 0.354 e. The van der Waals surface area contributed by atoms with Crippen molar-refractivity contribution in [3.8, 4) is 0 Å². The Balaban J connectivity index is 2.20. The fourth-order valence-electron chi connectivity index (χ4n) is 2.13. The quantitative estimate of drug-likeness (QED) is 0.808. The van der Waals surface area contributed by atoms with Crippen molar-refractivity contribution in [2.45, 2.75) is 33.4 Å².